The van der Waals surface area contributed by atoms with Crippen LogP contribution < -0.4 is 14.4 Å². The molecule has 1 aliphatic rings. The molecule has 31 heavy (non-hydrogen) atoms. The summed E-state index contributed by atoms with van der Waals surface area (Å²) < 4.78 is 33.6. The van der Waals surface area contributed by atoms with Gasteiger partial charge in [0.15, 0.2) is 0 Å². The van der Waals surface area contributed by atoms with Crippen molar-refractivity contribution in [3.8, 4) is 5.75 Å². The van der Waals surface area contributed by atoms with Crippen LogP contribution in [0, 0.1) is 0 Å². The van der Waals surface area contributed by atoms with Crippen molar-refractivity contribution in [2.75, 3.05) is 23.3 Å². The highest BCUT2D eigenvalue weighted by Crippen LogP contribution is 2.34. The summed E-state index contributed by atoms with van der Waals surface area (Å²) in [4.78, 5) is 13.0. The maximum atomic E-state index is 13.1. The van der Waals surface area contributed by atoms with Crippen LogP contribution in [-0.2, 0) is 16.4 Å². The first kappa shape index (κ1) is 21.4. The zero-order chi connectivity index (χ0) is 22.0. The molecule has 0 saturated heterocycles. The molecule has 3 aromatic carbocycles. The maximum Gasteiger partial charge on any atom is 0.264 e. The van der Waals surface area contributed by atoms with Gasteiger partial charge < -0.3 is 10.1 Å². The number of rotatable bonds is 5. The summed E-state index contributed by atoms with van der Waals surface area (Å²) >= 11 is 3.40. The van der Waals surface area contributed by atoms with Crippen LogP contribution in [0.15, 0.2) is 76.1 Å². The number of hydrogen-bond donors (Lipinski definition) is 1. The zero-order valence-corrected chi connectivity index (χ0v) is 19.2. The number of sulfonamides is 1. The van der Waals surface area contributed by atoms with Crippen LogP contribution in [0.2, 0.25) is 0 Å². The lowest BCUT2D eigenvalue weighted by molar-refractivity contribution is 0.102. The quantitative estimate of drug-likeness (QED) is 0.543. The van der Waals surface area contributed by atoms with Gasteiger partial charge in [-0.1, -0.05) is 18.2 Å². The number of nitrogens with zero attached hydrogens (tertiary/aromatic N) is 1. The molecule has 0 spiro atoms. The molecule has 0 aliphatic carbocycles. The number of benzene rings is 3. The van der Waals surface area contributed by atoms with Gasteiger partial charge in [0.25, 0.3) is 15.9 Å². The summed E-state index contributed by atoms with van der Waals surface area (Å²) in [6.07, 6.45) is 1.45. The third-order valence-electron chi connectivity index (χ3n) is 5.16. The van der Waals surface area contributed by atoms with Crippen molar-refractivity contribution in [2.24, 2.45) is 0 Å². The molecule has 1 aliphatic heterocycles. The number of halogens is 1. The number of fused-ring (bicyclic) bond motifs is 1. The first-order chi connectivity index (χ1) is 14.9. The zero-order valence-electron chi connectivity index (χ0n) is 16.8. The molecule has 1 amide bonds. The van der Waals surface area contributed by atoms with E-state index >= 15 is 0 Å². The lowest BCUT2D eigenvalue weighted by atomic mass is 10.0. The van der Waals surface area contributed by atoms with E-state index in [0.717, 1.165) is 12.0 Å². The number of hydrogen-bond acceptors (Lipinski definition) is 4. The van der Waals surface area contributed by atoms with E-state index in [0.29, 0.717) is 40.1 Å². The van der Waals surface area contributed by atoms with Gasteiger partial charge in [-0.05, 0) is 82.9 Å². The lowest BCUT2D eigenvalue weighted by Crippen LogP contribution is -2.35. The minimum absolute atomic E-state index is 0.267. The highest BCUT2D eigenvalue weighted by molar-refractivity contribution is 9.10. The fourth-order valence-corrected chi connectivity index (χ4v) is 5.60. The van der Waals surface area contributed by atoms with Gasteiger partial charge in [-0.3, -0.25) is 9.10 Å². The molecule has 8 heteroatoms. The van der Waals surface area contributed by atoms with E-state index in [-0.39, 0.29) is 10.8 Å². The predicted molar refractivity (Wildman–Crippen MR) is 124 cm³/mol. The Morgan fingerprint density at radius 1 is 1.06 bits per heavy atom. The molecule has 0 radical (unpaired) electrons. The summed E-state index contributed by atoms with van der Waals surface area (Å²) in [5.74, 6) is 0.302. The molecule has 4 rings (SSSR count). The summed E-state index contributed by atoms with van der Waals surface area (Å²) in [7, 11) is -2.10. The van der Waals surface area contributed by atoms with Crippen LogP contribution in [0.25, 0.3) is 0 Å². The average molecular weight is 501 g/mol. The van der Waals surface area contributed by atoms with Crippen molar-refractivity contribution in [3.05, 3.63) is 82.3 Å². The first-order valence-corrected chi connectivity index (χ1v) is 12.0. The van der Waals surface area contributed by atoms with Gasteiger partial charge in [0.2, 0.25) is 0 Å². The second-order valence-electron chi connectivity index (χ2n) is 7.14. The normalized spacial score (nSPS) is 13.4. The number of aryl methyl sites for hydroxylation is 1. The minimum Gasteiger partial charge on any atom is -0.497 e. The van der Waals surface area contributed by atoms with Crippen LogP contribution in [0.5, 0.6) is 5.75 Å². The maximum absolute atomic E-state index is 13.1. The number of ether oxygens (including phenoxy) is 1. The molecule has 6 nitrogen and oxygen atoms in total. The second kappa shape index (κ2) is 8.72. The number of methoxy groups -OCH3 is 1. The van der Waals surface area contributed by atoms with E-state index in [1.807, 2.05) is 6.07 Å². The molecule has 1 heterocycles. The largest absolute Gasteiger partial charge is 0.497 e. The number of carbonyl (C=O) groups excluding carboxylic acids is 1. The molecule has 0 unspecified atom stereocenters. The Kier molecular flexibility index (Phi) is 6.02. The Hall–Kier alpha value is -2.84. The Morgan fingerprint density at radius 3 is 2.58 bits per heavy atom. The number of carbonyl (C=O) groups is 1. The highest BCUT2D eigenvalue weighted by Gasteiger charge is 2.29. The number of anilines is 2. The summed E-state index contributed by atoms with van der Waals surface area (Å²) in [5.41, 5.74) is 2.59. The molecule has 160 valence electrons. The van der Waals surface area contributed by atoms with Gasteiger partial charge in [-0.15, -0.1) is 0 Å². The summed E-state index contributed by atoms with van der Waals surface area (Å²) in [6.45, 7) is 0.423. The molecule has 1 N–H and O–H groups in total. The van der Waals surface area contributed by atoms with Crippen molar-refractivity contribution >= 4 is 43.2 Å². The minimum atomic E-state index is -3.64. The van der Waals surface area contributed by atoms with Crippen LogP contribution in [0.3, 0.4) is 0 Å². The molecule has 0 aromatic heterocycles. The van der Waals surface area contributed by atoms with Gasteiger partial charge in [0.05, 0.1) is 23.3 Å². The molecule has 0 atom stereocenters. The third kappa shape index (κ3) is 4.31. The van der Waals surface area contributed by atoms with E-state index in [4.69, 9.17) is 4.74 Å². The second-order valence-corrected chi connectivity index (χ2v) is 9.85. The van der Waals surface area contributed by atoms with Gasteiger partial charge >= 0.3 is 0 Å². The highest BCUT2D eigenvalue weighted by atomic mass is 79.9. The third-order valence-corrected chi connectivity index (χ3v) is 7.68. The monoisotopic (exact) mass is 500 g/mol. The molecule has 0 bridgehead atoms. The number of amides is 1. The van der Waals surface area contributed by atoms with Gasteiger partial charge in [-0.25, -0.2) is 8.42 Å². The molecule has 3 aromatic rings. The Labute approximate surface area is 190 Å². The molecular weight excluding hydrogens is 480 g/mol. The van der Waals surface area contributed by atoms with Crippen molar-refractivity contribution < 1.29 is 17.9 Å². The van der Waals surface area contributed by atoms with E-state index in [9.17, 15) is 13.2 Å². The van der Waals surface area contributed by atoms with Crippen molar-refractivity contribution in [1.29, 1.82) is 0 Å². The van der Waals surface area contributed by atoms with Crippen LogP contribution in [-0.4, -0.2) is 28.0 Å². The van der Waals surface area contributed by atoms with Gasteiger partial charge in [0, 0.05) is 16.7 Å². The lowest BCUT2D eigenvalue weighted by Gasteiger charge is -2.31. The van der Waals surface area contributed by atoms with Gasteiger partial charge in [0.1, 0.15) is 5.75 Å². The molecule has 0 fully saturated rings. The van der Waals surface area contributed by atoms with E-state index in [1.54, 1.807) is 67.8 Å². The van der Waals surface area contributed by atoms with E-state index < -0.39 is 10.0 Å². The smallest absolute Gasteiger partial charge is 0.264 e. The van der Waals surface area contributed by atoms with Crippen LogP contribution >= 0.6 is 15.9 Å². The summed E-state index contributed by atoms with van der Waals surface area (Å²) in [5, 5.41) is 2.89. The van der Waals surface area contributed by atoms with Crippen molar-refractivity contribution in [2.45, 2.75) is 17.7 Å². The number of nitrogens with one attached hydrogen (secondary N) is 1. The topological polar surface area (TPSA) is 75.7 Å². The molecular formula is C23H21BrN2O4S. The first-order valence-electron chi connectivity index (χ1n) is 9.76. The van der Waals surface area contributed by atoms with Crippen molar-refractivity contribution in [1.82, 2.24) is 0 Å². The SMILES string of the molecule is COc1ccc(Br)c(C(=O)Nc2ccc3c(c2)CCCN3S(=O)(=O)c2ccccc2)c1. The summed E-state index contributed by atoms with van der Waals surface area (Å²) in [6, 6.07) is 18.9. The molecule has 0 saturated carbocycles. The standard InChI is InChI=1S/C23H21BrN2O4S/c1-30-18-10-11-21(24)20(15-18)23(27)25-17-9-12-22-16(14-17)6-5-13-26(22)31(28,29)19-7-3-2-4-8-19/h2-4,7-12,14-15H,5-6,13H2,1H3,(H,25,27). The van der Waals surface area contributed by atoms with Crippen LogP contribution in [0.4, 0.5) is 11.4 Å². The Morgan fingerprint density at radius 2 is 1.84 bits per heavy atom. The Bertz CT molecular complexity index is 1230. The van der Waals surface area contributed by atoms with E-state index in [2.05, 4.69) is 21.2 Å². The fourth-order valence-electron chi connectivity index (χ4n) is 3.61. The van der Waals surface area contributed by atoms with Gasteiger partial charge in [-0.2, -0.15) is 0 Å². The van der Waals surface area contributed by atoms with E-state index in [1.165, 1.54) is 4.31 Å². The van der Waals surface area contributed by atoms with Crippen molar-refractivity contribution in [3.63, 3.8) is 0 Å². The Balaban J connectivity index is 1.61. The van der Waals surface area contributed by atoms with Crippen LogP contribution in [0.1, 0.15) is 22.3 Å². The predicted octanol–water partition coefficient (Wildman–Crippen LogP) is 4.85. The average Bonchev–Trinajstić information content (AvgIpc) is 2.79. The fraction of sp³-hybridized carbons (Fsp3) is 0.174.